The lowest BCUT2D eigenvalue weighted by atomic mass is 10.2. The Morgan fingerprint density at radius 1 is 1.03 bits per heavy atom. The Labute approximate surface area is 174 Å². The third-order valence-electron chi connectivity index (χ3n) is 5.81. The zero-order valence-corrected chi connectivity index (χ0v) is 17.3. The summed E-state index contributed by atoms with van der Waals surface area (Å²) >= 11 is 0. The van der Waals surface area contributed by atoms with E-state index in [4.69, 9.17) is 0 Å². The first-order chi connectivity index (χ1) is 14.6. The number of benzene rings is 1. The fraction of sp³-hybridized carbons (Fsp3) is 0.364. The Morgan fingerprint density at radius 2 is 1.87 bits per heavy atom. The van der Waals surface area contributed by atoms with Crippen molar-refractivity contribution in [3.63, 3.8) is 0 Å². The number of aromatic nitrogens is 5. The number of pyridine rings is 1. The van der Waals surface area contributed by atoms with E-state index in [0.29, 0.717) is 5.39 Å². The van der Waals surface area contributed by atoms with Crippen LogP contribution in [0, 0.1) is 0 Å². The molecule has 30 heavy (non-hydrogen) atoms. The lowest BCUT2D eigenvalue weighted by Crippen LogP contribution is -2.46. The van der Waals surface area contributed by atoms with Crippen molar-refractivity contribution in [3.8, 4) is 0 Å². The molecule has 154 valence electrons. The van der Waals surface area contributed by atoms with E-state index in [1.54, 1.807) is 10.9 Å². The molecule has 8 nitrogen and oxygen atoms in total. The summed E-state index contributed by atoms with van der Waals surface area (Å²) in [7, 11) is 0. The number of fused-ring (bicyclic) bond motifs is 2. The van der Waals surface area contributed by atoms with Crippen molar-refractivity contribution in [2.75, 3.05) is 31.1 Å². The Morgan fingerprint density at radius 3 is 2.67 bits per heavy atom. The zero-order valence-electron chi connectivity index (χ0n) is 17.3. The fourth-order valence-corrected chi connectivity index (χ4v) is 4.05. The smallest absolute Gasteiger partial charge is 0.261 e. The summed E-state index contributed by atoms with van der Waals surface area (Å²) in [5.74, 6) is 0.968. The highest BCUT2D eigenvalue weighted by atomic mass is 16.1. The van der Waals surface area contributed by atoms with E-state index in [2.05, 4.69) is 25.0 Å². The van der Waals surface area contributed by atoms with Crippen molar-refractivity contribution >= 4 is 22.2 Å². The van der Waals surface area contributed by atoms with Crippen LogP contribution >= 0.6 is 0 Å². The van der Waals surface area contributed by atoms with Crippen LogP contribution in [-0.4, -0.2) is 55.2 Å². The van der Waals surface area contributed by atoms with Gasteiger partial charge in [-0.25, -0.2) is 4.98 Å². The molecule has 0 aliphatic carbocycles. The van der Waals surface area contributed by atoms with Gasteiger partial charge in [-0.1, -0.05) is 6.07 Å². The summed E-state index contributed by atoms with van der Waals surface area (Å²) in [6, 6.07) is 12.0. The molecule has 1 saturated heterocycles. The third-order valence-corrected chi connectivity index (χ3v) is 5.81. The van der Waals surface area contributed by atoms with Gasteiger partial charge < -0.3 is 4.90 Å². The Bertz CT molecular complexity index is 1250. The van der Waals surface area contributed by atoms with Gasteiger partial charge in [-0.2, -0.15) is 0 Å². The molecule has 0 atom stereocenters. The van der Waals surface area contributed by atoms with Crippen molar-refractivity contribution in [2.24, 2.45) is 0 Å². The predicted molar refractivity (Wildman–Crippen MR) is 117 cm³/mol. The van der Waals surface area contributed by atoms with Crippen LogP contribution in [0.2, 0.25) is 0 Å². The molecule has 1 aromatic carbocycles. The molecule has 0 saturated carbocycles. The molecule has 4 aromatic rings. The molecule has 1 fully saturated rings. The average Bonchev–Trinajstić information content (AvgIpc) is 3.17. The van der Waals surface area contributed by atoms with Crippen LogP contribution in [0.1, 0.15) is 25.7 Å². The molecule has 3 aromatic heterocycles. The second-order valence-corrected chi connectivity index (χ2v) is 8.06. The number of anilines is 1. The van der Waals surface area contributed by atoms with Gasteiger partial charge in [0, 0.05) is 44.1 Å². The van der Waals surface area contributed by atoms with Crippen molar-refractivity contribution in [1.29, 1.82) is 0 Å². The Hall–Kier alpha value is -3.26. The third kappa shape index (κ3) is 3.33. The van der Waals surface area contributed by atoms with Gasteiger partial charge in [-0.05, 0) is 44.2 Å². The van der Waals surface area contributed by atoms with Crippen molar-refractivity contribution in [2.45, 2.75) is 26.4 Å². The molecule has 0 N–H and O–H groups in total. The lowest BCUT2D eigenvalue weighted by Gasteiger charge is -2.35. The number of piperazine rings is 1. The monoisotopic (exact) mass is 403 g/mol. The molecular formula is C22H25N7O. The first kappa shape index (κ1) is 18.7. The molecule has 8 heteroatoms. The Balaban J connectivity index is 1.30. The minimum atomic E-state index is 0.0203. The van der Waals surface area contributed by atoms with Gasteiger partial charge >= 0.3 is 0 Å². The molecular weight excluding hydrogens is 378 g/mol. The van der Waals surface area contributed by atoms with Gasteiger partial charge in [-0.15, -0.1) is 10.2 Å². The lowest BCUT2D eigenvalue weighted by molar-refractivity contribution is 0.243. The van der Waals surface area contributed by atoms with Crippen LogP contribution in [0.25, 0.3) is 16.6 Å². The SMILES string of the molecule is CC(C)n1cnc2cc(N3CCN(Cc4nnc5ccccn45)CC3)ccc2c1=O. The van der Waals surface area contributed by atoms with E-state index in [-0.39, 0.29) is 11.6 Å². The average molecular weight is 403 g/mol. The number of hydrogen-bond acceptors (Lipinski definition) is 6. The summed E-state index contributed by atoms with van der Waals surface area (Å²) in [5.41, 5.74) is 2.77. The van der Waals surface area contributed by atoms with E-state index >= 15 is 0 Å². The number of rotatable bonds is 4. The van der Waals surface area contributed by atoms with E-state index in [1.165, 1.54) is 0 Å². The highest BCUT2D eigenvalue weighted by Gasteiger charge is 2.20. The number of hydrogen-bond donors (Lipinski definition) is 0. The van der Waals surface area contributed by atoms with E-state index in [1.807, 2.05) is 60.8 Å². The van der Waals surface area contributed by atoms with Gasteiger partial charge in [0.05, 0.1) is 23.8 Å². The first-order valence-corrected chi connectivity index (χ1v) is 10.4. The maximum atomic E-state index is 12.6. The molecule has 1 aliphatic heterocycles. The Kier molecular flexibility index (Phi) is 4.71. The highest BCUT2D eigenvalue weighted by Crippen LogP contribution is 2.21. The van der Waals surface area contributed by atoms with E-state index < -0.39 is 0 Å². The first-order valence-electron chi connectivity index (χ1n) is 10.4. The van der Waals surface area contributed by atoms with E-state index in [0.717, 1.165) is 55.4 Å². The zero-order chi connectivity index (χ0) is 20.7. The van der Waals surface area contributed by atoms with Gasteiger partial charge in [0.15, 0.2) is 11.5 Å². The van der Waals surface area contributed by atoms with Crippen molar-refractivity contribution in [1.82, 2.24) is 29.0 Å². The topological polar surface area (TPSA) is 71.6 Å². The molecule has 0 spiro atoms. The predicted octanol–water partition coefficient (Wildman–Crippen LogP) is 2.34. The van der Waals surface area contributed by atoms with Gasteiger partial charge in [-0.3, -0.25) is 18.7 Å². The van der Waals surface area contributed by atoms with Gasteiger partial charge in [0.2, 0.25) is 0 Å². The fourth-order valence-electron chi connectivity index (χ4n) is 4.05. The van der Waals surface area contributed by atoms with Crippen LogP contribution in [0.4, 0.5) is 5.69 Å². The second kappa shape index (κ2) is 7.53. The quantitative estimate of drug-likeness (QED) is 0.521. The standard InChI is InChI=1S/C22H25N7O/c1-16(2)29-15-23-19-13-17(6-7-18(19)22(29)30)27-11-9-26(10-12-27)14-21-25-24-20-5-3-4-8-28(20)21/h3-8,13,15-16H,9-12,14H2,1-2H3. The maximum absolute atomic E-state index is 12.6. The van der Waals surface area contributed by atoms with Gasteiger partial charge in [0.1, 0.15) is 0 Å². The highest BCUT2D eigenvalue weighted by molar-refractivity contribution is 5.81. The summed E-state index contributed by atoms with van der Waals surface area (Å²) < 4.78 is 3.72. The second-order valence-electron chi connectivity index (χ2n) is 8.06. The van der Waals surface area contributed by atoms with Crippen LogP contribution < -0.4 is 10.5 Å². The molecule has 0 radical (unpaired) electrons. The molecule has 0 unspecified atom stereocenters. The molecule has 5 rings (SSSR count). The summed E-state index contributed by atoms with van der Waals surface area (Å²) in [6.07, 6.45) is 3.66. The summed E-state index contributed by atoms with van der Waals surface area (Å²) in [4.78, 5) is 21.9. The minimum Gasteiger partial charge on any atom is -0.369 e. The largest absolute Gasteiger partial charge is 0.369 e. The van der Waals surface area contributed by atoms with E-state index in [9.17, 15) is 4.79 Å². The molecule has 4 heterocycles. The van der Waals surface area contributed by atoms with Crippen LogP contribution in [-0.2, 0) is 6.54 Å². The van der Waals surface area contributed by atoms with Gasteiger partial charge in [0.25, 0.3) is 5.56 Å². The molecule has 0 bridgehead atoms. The number of nitrogens with zero attached hydrogens (tertiary/aromatic N) is 7. The normalized spacial score (nSPS) is 15.5. The molecule has 0 amide bonds. The summed E-state index contributed by atoms with van der Waals surface area (Å²) in [6.45, 7) is 8.50. The summed E-state index contributed by atoms with van der Waals surface area (Å²) in [5, 5.41) is 9.26. The van der Waals surface area contributed by atoms with Crippen LogP contribution in [0.5, 0.6) is 0 Å². The molecule has 1 aliphatic rings. The van der Waals surface area contributed by atoms with Crippen molar-refractivity contribution in [3.05, 3.63) is 65.1 Å². The maximum Gasteiger partial charge on any atom is 0.261 e. The minimum absolute atomic E-state index is 0.0203. The van der Waals surface area contributed by atoms with Crippen LogP contribution in [0.3, 0.4) is 0 Å². The van der Waals surface area contributed by atoms with Crippen LogP contribution in [0.15, 0.2) is 53.7 Å². The van der Waals surface area contributed by atoms with Crippen molar-refractivity contribution < 1.29 is 0 Å².